The highest BCUT2D eigenvalue weighted by molar-refractivity contribution is 7.99. The van der Waals surface area contributed by atoms with Crippen molar-refractivity contribution < 1.29 is 14.0 Å². The van der Waals surface area contributed by atoms with Gasteiger partial charge >= 0.3 is 0 Å². The first kappa shape index (κ1) is 19.8. The number of nitrogens with one attached hydrogen (secondary N) is 2. The molecule has 0 fully saturated rings. The Morgan fingerprint density at radius 2 is 1.82 bits per heavy atom. The molecule has 2 amide bonds. The Bertz CT molecular complexity index is 1010. The molecule has 3 aromatic rings. The molecule has 0 aliphatic rings. The molecule has 10 heteroatoms. The molecule has 0 aliphatic heterocycles. The van der Waals surface area contributed by atoms with E-state index in [2.05, 4.69) is 21.0 Å². The first-order chi connectivity index (χ1) is 13.5. The third-order valence-electron chi connectivity index (χ3n) is 3.70. The summed E-state index contributed by atoms with van der Waals surface area (Å²) in [5, 5.41) is 8.92. The van der Waals surface area contributed by atoms with Gasteiger partial charge in [-0.3, -0.25) is 20.4 Å². The number of hydrogen-bond donors (Lipinski definition) is 2. The number of benzene rings is 2. The Hall–Kier alpha value is -2.91. The SMILES string of the molecule is Cn1c(SCC(=O)NNC(=O)c2ccc(Cl)cc2)nnc1-c1ccccc1F. The summed E-state index contributed by atoms with van der Waals surface area (Å²) < 4.78 is 15.5. The highest BCUT2D eigenvalue weighted by Crippen LogP contribution is 2.24. The van der Waals surface area contributed by atoms with Gasteiger partial charge < -0.3 is 4.57 Å². The molecule has 1 aromatic heterocycles. The zero-order valence-corrected chi connectivity index (χ0v) is 16.2. The van der Waals surface area contributed by atoms with Crippen molar-refractivity contribution in [1.82, 2.24) is 25.6 Å². The molecule has 2 aromatic carbocycles. The summed E-state index contributed by atoms with van der Waals surface area (Å²) in [5.74, 6) is -0.947. The molecule has 3 rings (SSSR count). The highest BCUT2D eigenvalue weighted by atomic mass is 35.5. The fourth-order valence-electron chi connectivity index (χ4n) is 2.28. The standard InChI is InChI=1S/C18H15ClFN5O2S/c1-25-16(13-4-2-3-5-14(13)20)22-24-18(25)28-10-15(26)21-23-17(27)11-6-8-12(19)9-7-11/h2-9H,10H2,1H3,(H,21,26)(H,23,27). The topological polar surface area (TPSA) is 88.9 Å². The van der Waals surface area contributed by atoms with Crippen LogP contribution in [0.5, 0.6) is 0 Å². The number of amides is 2. The molecule has 1 heterocycles. The van der Waals surface area contributed by atoms with Crippen molar-refractivity contribution in [1.29, 1.82) is 0 Å². The second kappa shape index (κ2) is 8.85. The second-order valence-corrected chi connectivity index (χ2v) is 7.02. The molecule has 0 bridgehead atoms. The highest BCUT2D eigenvalue weighted by Gasteiger charge is 2.15. The maximum Gasteiger partial charge on any atom is 0.269 e. The van der Waals surface area contributed by atoms with Crippen molar-refractivity contribution in [2.45, 2.75) is 5.16 Å². The van der Waals surface area contributed by atoms with Crippen LogP contribution in [0.4, 0.5) is 4.39 Å². The lowest BCUT2D eigenvalue weighted by Gasteiger charge is -2.07. The summed E-state index contributed by atoms with van der Waals surface area (Å²) in [4.78, 5) is 23.9. The third kappa shape index (κ3) is 4.68. The minimum Gasteiger partial charge on any atom is -0.305 e. The normalized spacial score (nSPS) is 10.5. The van der Waals surface area contributed by atoms with Crippen molar-refractivity contribution in [2.75, 3.05) is 5.75 Å². The van der Waals surface area contributed by atoms with Crippen molar-refractivity contribution >= 4 is 35.2 Å². The van der Waals surface area contributed by atoms with Crippen LogP contribution in [0.15, 0.2) is 53.7 Å². The van der Waals surface area contributed by atoms with Gasteiger partial charge in [-0.25, -0.2) is 4.39 Å². The number of carbonyl (C=O) groups excluding carboxylic acids is 2. The molecule has 2 N–H and O–H groups in total. The minimum absolute atomic E-state index is 0.00978. The van der Waals surface area contributed by atoms with Crippen LogP contribution in [0.1, 0.15) is 10.4 Å². The molecule has 28 heavy (non-hydrogen) atoms. The van der Waals surface area contributed by atoms with Gasteiger partial charge in [0.05, 0.1) is 11.3 Å². The van der Waals surface area contributed by atoms with E-state index in [1.54, 1.807) is 54.1 Å². The van der Waals surface area contributed by atoms with Crippen LogP contribution in [0.2, 0.25) is 5.02 Å². The maximum atomic E-state index is 13.9. The lowest BCUT2D eigenvalue weighted by molar-refractivity contribution is -0.119. The quantitative estimate of drug-likeness (QED) is 0.490. The average Bonchev–Trinajstić information content (AvgIpc) is 3.05. The van der Waals surface area contributed by atoms with Crippen LogP contribution >= 0.6 is 23.4 Å². The van der Waals surface area contributed by atoms with E-state index in [1.165, 1.54) is 6.07 Å². The molecule has 0 aliphatic carbocycles. The minimum atomic E-state index is -0.462. The van der Waals surface area contributed by atoms with E-state index in [-0.39, 0.29) is 5.75 Å². The maximum absolute atomic E-state index is 13.9. The Morgan fingerprint density at radius 3 is 2.54 bits per heavy atom. The molecule has 0 saturated carbocycles. The smallest absolute Gasteiger partial charge is 0.269 e. The number of hydrazine groups is 1. The lowest BCUT2D eigenvalue weighted by Crippen LogP contribution is -2.42. The first-order valence-corrected chi connectivity index (χ1v) is 9.44. The average molecular weight is 420 g/mol. The zero-order valence-electron chi connectivity index (χ0n) is 14.6. The van der Waals surface area contributed by atoms with E-state index >= 15 is 0 Å². The van der Waals surface area contributed by atoms with Crippen molar-refractivity contribution in [3.05, 3.63) is 64.9 Å². The van der Waals surface area contributed by atoms with E-state index in [9.17, 15) is 14.0 Å². The van der Waals surface area contributed by atoms with Gasteiger partial charge in [-0.05, 0) is 36.4 Å². The van der Waals surface area contributed by atoms with Gasteiger partial charge in [0.1, 0.15) is 5.82 Å². The predicted octanol–water partition coefficient (Wildman–Crippen LogP) is 2.83. The predicted molar refractivity (Wildman–Crippen MR) is 104 cm³/mol. The Labute approximate surface area is 169 Å². The molecule has 0 unspecified atom stereocenters. The van der Waals surface area contributed by atoms with E-state index in [1.807, 2.05) is 0 Å². The number of nitrogens with zero attached hydrogens (tertiary/aromatic N) is 3. The van der Waals surface area contributed by atoms with Gasteiger partial charge in [0.15, 0.2) is 11.0 Å². The monoisotopic (exact) mass is 419 g/mol. The lowest BCUT2D eigenvalue weighted by atomic mass is 10.2. The second-order valence-electron chi connectivity index (χ2n) is 5.64. The molecular weight excluding hydrogens is 405 g/mol. The largest absolute Gasteiger partial charge is 0.305 e. The van der Waals surface area contributed by atoms with Gasteiger partial charge in [0.2, 0.25) is 5.91 Å². The Balaban J connectivity index is 1.54. The van der Waals surface area contributed by atoms with E-state index in [4.69, 9.17) is 11.6 Å². The van der Waals surface area contributed by atoms with Crippen LogP contribution in [-0.4, -0.2) is 32.3 Å². The fourth-order valence-corrected chi connectivity index (χ4v) is 3.12. The van der Waals surface area contributed by atoms with Crippen LogP contribution in [0, 0.1) is 5.82 Å². The summed E-state index contributed by atoms with van der Waals surface area (Å²) >= 11 is 6.88. The van der Waals surface area contributed by atoms with Crippen molar-refractivity contribution in [3.63, 3.8) is 0 Å². The number of aromatic nitrogens is 3. The van der Waals surface area contributed by atoms with Crippen LogP contribution < -0.4 is 10.9 Å². The van der Waals surface area contributed by atoms with Crippen LogP contribution in [0.25, 0.3) is 11.4 Å². The number of rotatable bonds is 5. The van der Waals surface area contributed by atoms with Gasteiger partial charge in [0, 0.05) is 17.6 Å². The van der Waals surface area contributed by atoms with Gasteiger partial charge in [-0.2, -0.15) is 0 Å². The van der Waals surface area contributed by atoms with Gasteiger partial charge in [0.25, 0.3) is 5.91 Å². The molecule has 0 saturated heterocycles. The van der Waals surface area contributed by atoms with Gasteiger partial charge in [-0.15, -0.1) is 10.2 Å². The summed E-state index contributed by atoms with van der Waals surface area (Å²) in [7, 11) is 1.68. The third-order valence-corrected chi connectivity index (χ3v) is 4.98. The van der Waals surface area contributed by atoms with Gasteiger partial charge in [-0.1, -0.05) is 35.5 Å². The van der Waals surface area contributed by atoms with Crippen LogP contribution in [0.3, 0.4) is 0 Å². The van der Waals surface area contributed by atoms with E-state index < -0.39 is 17.6 Å². The first-order valence-electron chi connectivity index (χ1n) is 8.07. The summed E-state index contributed by atoms with van der Waals surface area (Å²) in [6.07, 6.45) is 0. The molecule has 0 spiro atoms. The van der Waals surface area contributed by atoms with E-state index in [0.717, 1.165) is 11.8 Å². The summed E-state index contributed by atoms with van der Waals surface area (Å²) in [6, 6.07) is 12.5. The fraction of sp³-hybridized carbons (Fsp3) is 0.111. The molecular formula is C18H15ClFN5O2S. The molecule has 7 nitrogen and oxygen atoms in total. The number of carbonyl (C=O) groups is 2. The number of hydrogen-bond acceptors (Lipinski definition) is 5. The van der Waals surface area contributed by atoms with Crippen molar-refractivity contribution in [2.24, 2.45) is 7.05 Å². The summed E-state index contributed by atoms with van der Waals surface area (Å²) in [5.41, 5.74) is 5.33. The Morgan fingerprint density at radius 1 is 1.11 bits per heavy atom. The van der Waals surface area contributed by atoms with Crippen LogP contribution in [-0.2, 0) is 11.8 Å². The summed E-state index contributed by atoms with van der Waals surface area (Å²) in [6.45, 7) is 0. The zero-order chi connectivity index (χ0) is 20.1. The Kier molecular flexibility index (Phi) is 6.27. The molecule has 0 atom stereocenters. The molecule has 144 valence electrons. The molecule has 0 radical (unpaired) electrons. The number of thioether (sulfide) groups is 1. The number of halogens is 2. The van der Waals surface area contributed by atoms with Crippen molar-refractivity contribution in [3.8, 4) is 11.4 Å². The van der Waals surface area contributed by atoms with E-state index in [0.29, 0.717) is 27.1 Å².